The molecular weight excluding hydrogens is 192 g/mol. The van der Waals surface area contributed by atoms with Gasteiger partial charge in [0.15, 0.2) is 0 Å². The average molecular weight is 208 g/mol. The van der Waals surface area contributed by atoms with E-state index in [9.17, 15) is 5.11 Å². The summed E-state index contributed by atoms with van der Waals surface area (Å²) in [6.45, 7) is 2.03. The van der Waals surface area contributed by atoms with Crippen LogP contribution in [0.4, 0.5) is 0 Å². The van der Waals surface area contributed by atoms with Crippen molar-refractivity contribution in [1.82, 2.24) is 5.16 Å². The molecule has 0 aromatic carbocycles. The normalized spacial score (nSPS) is 34.5. The molecule has 2 aliphatic rings. The van der Waals surface area contributed by atoms with Gasteiger partial charge in [-0.3, -0.25) is 0 Å². The van der Waals surface area contributed by atoms with Crippen LogP contribution >= 0.6 is 0 Å². The van der Waals surface area contributed by atoms with E-state index >= 15 is 0 Å². The third-order valence-corrected chi connectivity index (χ3v) is 3.85. The predicted octanol–water partition coefficient (Wildman–Crippen LogP) is 0.891. The Morgan fingerprint density at radius 2 is 2.33 bits per heavy atom. The van der Waals surface area contributed by atoms with E-state index in [0.717, 1.165) is 23.4 Å². The van der Waals surface area contributed by atoms with Crippen LogP contribution in [0.2, 0.25) is 0 Å². The second-order valence-electron chi connectivity index (χ2n) is 4.94. The summed E-state index contributed by atoms with van der Waals surface area (Å²) in [5, 5.41) is 13.6. The summed E-state index contributed by atoms with van der Waals surface area (Å²) >= 11 is 0. The number of fused-ring (bicyclic) bond motifs is 1. The number of aromatic nitrogens is 1. The minimum absolute atomic E-state index is 0.0257. The number of rotatable bonds is 2. The molecule has 0 saturated heterocycles. The smallest absolute Gasteiger partial charge is 0.142 e. The summed E-state index contributed by atoms with van der Waals surface area (Å²) in [7, 11) is 0. The van der Waals surface area contributed by atoms with Crippen LogP contribution in [0.3, 0.4) is 0 Å². The van der Waals surface area contributed by atoms with Crippen LogP contribution in [-0.2, 0) is 12.0 Å². The Morgan fingerprint density at radius 1 is 1.60 bits per heavy atom. The quantitative estimate of drug-likeness (QED) is 0.757. The Morgan fingerprint density at radius 3 is 2.93 bits per heavy atom. The van der Waals surface area contributed by atoms with Crippen LogP contribution in [0.5, 0.6) is 0 Å². The Kier molecular flexibility index (Phi) is 1.77. The zero-order chi connectivity index (χ0) is 10.6. The van der Waals surface area contributed by atoms with Gasteiger partial charge in [0, 0.05) is 17.9 Å². The van der Waals surface area contributed by atoms with Crippen LogP contribution in [0, 0.1) is 5.92 Å². The minimum Gasteiger partial charge on any atom is -0.394 e. The molecule has 1 heterocycles. The largest absolute Gasteiger partial charge is 0.394 e. The molecule has 4 heteroatoms. The zero-order valence-corrected chi connectivity index (χ0v) is 8.86. The van der Waals surface area contributed by atoms with E-state index in [2.05, 4.69) is 12.1 Å². The van der Waals surface area contributed by atoms with Crippen molar-refractivity contribution in [3.63, 3.8) is 0 Å². The Labute approximate surface area is 88.4 Å². The van der Waals surface area contributed by atoms with E-state index in [0.29, 0.717) is 5.92 Å². The van der Waals surface area contributed by atoms with Gasteiger partial charge >= 0.3 is 0 Å². The molecule has 0 amide bonds. The number of aliphatic hydroxyl groups excluding tert-OH is 1. The van der Waals surface area contributed by atoms with Gasteiger partial charge in [-0.05, 0) is 18.8 Å². The molecule has 0 spiro atoms. The van der Waals surface area contributed by atoms with Gasteiger partial charge < -0.3 is 15.4 Å². The van der Waals surface area contributed by atoms with Crippen LogP contribution in [0.25, 0.3) is 0 Å². The first-order valence-corrected chi connectivity index (χ1v) is 5.55. The molecule has 3 rings (SSSR count). The number of nitrogens with zero attached hydrogens (tertiary/aromatic N) is 1. The number of aliphatic hydroxyl groups is 1. The highest BCUT2D eigenvalue weighted by Gasteiger charge is 2.48. The molecule has 4 nitrogen and oxygen atoms in total. The fourth-order valence-corrected chi connectivity index (χ4v) is 2.55. The van der Waals surface area contributed by atoms with E-state index in [-0.39, 0.29) is 12.5 Å². The topological polar surface area (TPSA) is 72.3 Å². The molecule has 2 atom stereocenters. The lowest BCUT2D eigenvalue weighted by molar-refractivity contribution is 0.157. The molecule has 2 unspecified atom stereocenters. The van der Waals surface area contributed by atoms with E-state index in [1.807, 2.05) is 0 Å². The van der Waals surface area contributed by atoms with Crippen molar-refractivity contribution >= 4 is 0 Å². The summed E-state index contributed by atoms with van der Waals surface area (Å²) in [5.41, 5.74) is 7.65. The molecule has 2 aliphatic carbocycles. The molecule has 15 heavy (non-hydrogen) atoms. The van der Waals surface area contributed by atoms with Gasteiger partial charge in [-0.1, -0.05) is 12.1 Å². The number of hydrogen-bond acceptors (Lipinski definition) is 4. The lowest BCUT2D eigenvalue weighted by Gasteiger charge is -2.27. The van der Waals surface area contributed by atoms with Gasteiger partial charge in [0.25, 0.3) is 0 Å². The minimum atomic E-state index is -0.632. The van der Waals surface area contributed by atoms with E-state index in [1.54, 1.807) is 0 Å². The Hall–Kier alpha value is -0.870. The van der Waals surface area contributed by atoms with Gasteiger partial charge in [0.05, 0.1) is 17.8 Å². The summed E-state index contributed by atoms with van der Waals surface area (Å²) in [4.78, 5) is 0. The Balaban J connectivity index is 2.11. The van der Waals surface area contributed by atoms with Crippen molar-refractivity contribution in [2.75, 3.05) is 6.61 Å². The molecule has 1 aromatic heterocycles. The fraction of sp³-hybridized carbons (Fsp3) is 0.727. The predicted molar refractivity (Wildman–Crippen MR) is 54.3 cm³/mol. The van der Waals surface area contributed by atoms with Crippen LogP contribution in [0.1, 0.15) is 42.7 Å². The first kappa shape index (κ1) is 9.36. The lowest BCUT2D eigenvalue weighted by Crippen LogP contribution is -2.44. The maximum atomic E-state index is 9.49. The first-order valence-electron chi connectivity index (χ1n) is 5.55. The van der Waals surface area contributed by atoms with Crippen LogP contribution in [-0.4, -0.2) is 16.9 Å². The van der Waals surface area contributed by atoms with E-state index in [1.165, 1.54) is 12.8 Å². The van der Waals surface area contributed by atoms with Crippen molar-refractivity contribution < 1.29 is 9.63 Å². The second-order valence-corrected chi connectivity index (χ2v) is 4.94. The number of hydrogen-bond donors (Lipinski definition) is 2. The highest BCUT2D eigenvalue weighted by Crippen LogP contribution is 2.49. The summed E-state index contributed by atoms with van der Waals surface area (Å²) < 4.78 is 5.33. The lowest BCUT2D eigenvalue weighted by atomic mass is 9.85. The maximum Gasteiger partial charge on any atom is 0.142 e. The summed E-state index contributed by atoms with van der Waals surface area (Å²) in [6, 6.07) is 0. The SMILES string of the molecule is CC1Cc2onc(C3CC3)c2C1(N)CO. The van der Waals surface area contributed by atoms with Crippen molar-refractivity contribution in [1.29, 1.82) is 0 Å². The second kappa shape index (κ2) is 2.83. The molecule has 1 fully saturated rings. The molecule has 3 N–H and O–H groups in total. The van der Waals surface area contributed by atoms with Crippen molar-refractivity contribution in [3.05, 3.63) is 17.0 Å². The third kappa shape index (κ3) is 1.12. The average Bonchev–Trinajstić information content (AvgIpc) is 2.94. The first-order chi connectivity index (χ1) is 7.16. The van der Waals surface area contributed by atoms with Crippen molar-refractivity contribution in [3.8, 4) is 0 Å². The molecule has 82 valence electrons. The van der Waals surface area contributed by atoms with E-state index < -0.39 is 5.54 Å². The molecule has 0 bridgehead atoms. The van der Waals surface area contributed by atoms with Gasteiger partial charge in [0.1, 0.15) is 5.76 Å². The van der Waals surface area contributed by atoms with Crippen molar-refractivity contribution in [2.24, 2.45) is 11.7 Å². The molecule has 1 saturated carbocycles. The van der Waals surface area contributed by atoms with Crippen LogP contribution < -0.4 is 5.73 Å². The highest BCUT2D eigenvalue weighted by molar-refractivity contribution is 5.40. The van der Waals surface area contributed by atoms with Gasteiger partial charge in [-0.15, -0.1) is 0 Å². The zero-order valence-electron chi connectivity index (χ0n) is 8.86. The van der Waals surface area contributed by atoms with Crippen molar-refractivity contribution in [2.45, 2.75) is 37.6 Å². The van der Waals surface area contributed by atoms with Gasteiger partial charge in [-0.25, -0.2) is 0 Å². The fourth-order valence-electron chi connectivity index (χ4n) is 2.55. The standard InChI is InChI=1S/C11H16N2O2/c1-6-4-8-9(11(6,12)5-14)10(13-15-8)7-2-3-7/h6-7,14H,2-5,12H2,1H3. The molecule has 0 aliphatic heterocycles. The van der Waals surface area contributed by atoms with Gasteiger partial charge in [0.2, 0.25) is 0 Å². The molecular formula is C11H16N2O2. The molecule has 1 aromatic rings. The highest BCUT2D eigenvalue weighted by atomic mass is 16.5. The third-order valence-electron chi connectivity index (χ3n) is 3.85. The summed E-state index contributed by atoms with van der Waals surface area (Å²) in [6.07, 6.45) is 3.15. The summed E-state index contributed by atoms with van der Waals surface area (Å²) in [5.74, 6) is 1.65. The van der Waals surface area contributed by atoms with E-state index in [4.69, 9.17) is 10.3 Å². The molecule has 0 radical (unpaired) electrons. The monoisotopic (exact) mass is 208 g/mol. The van der Waals surface area contributed by atoms with Crippen LogP contribution in [0.15, 0.2) is 4.52 Å². The number of nitrogens with two attached hydrogens (primary N) is 1. The maximum absolute atomic E-state index is 9.49. The van der Waals surface area contributed by atoms with Gasteiger partial charge in [-0.2, -0.15) is 0 Å². The Bertz CT molecular complexity index is 397.